The van der Waals surface area contributed by atoms with Gasteiger partial charge in [-0.25, -0.2) is 0 Å². The fraction of sp³-hybridized carbons (Fsp3) is 0.355. The zero-order chi connectivity index (χ0) is 29.1. The first-order valence-corrected chi connectivity index (χ1v) is 14.7. The summed E-state index contributed by atoms with van der Waals surface area (Å²) in [6, 6.07) is 11.5. The number of likely N-dealkylation sites (tertiary alicyclic amines) is 1. The Hall–Kier alpha value is -4.04. The van der Waals surface area contributed by atoms with Gasteiger partial charge in [0.05, 0.1) is 15.6 Å². The molecular weight excluding hydrogens is 536 g/mol. The van der Waals surface area contributed by atoms with E-state index in [1.54, 1.807) is 23.1 Å². The fourth-order valence-corrected chi connectivity index (χ4v) is 7.40. The van der Waals surface area contributed by atoms with Gasteiger partial charge < -0.3 is 27.4 Å². The van der Waals surface area contributed by atoms with Crippen molar-refractivity contribution in [1.82, 2.24) is 10.2 Å². The summed E-state index contributed by atoms with van der Waals surface area (Å²) in [7, 11) is 0. The molecule has 1 aromatic heterocycles. The van der Waals surface area contributed by atoms with Gasteiger partial charge >= 0.3 is 0 Å². The highest BCUT2D eigenvalue weighted by Gasteiger charge is 2.49. The molecule has 0 spiro atoms. The number of hydrogen-bond acceptors (Lipinski definition) is 8. The molecule has 3 unspecified atom stereocenters. The van der Waals surface area contributed by atoms with Crippen LogP contribution >= 0.6 is 11.3 Å². The summed E-state index contributed by atoms with van der Waals surface area (Å²) >= 11 is 1.20. The second-order valence-electron chi connectivity index (χ2n) is 11.3. The Bertz CT molecular complexity index is 1680. The van der Waals surface area contributed by atoms with E-state index in [0.717, 1.165) is 18.4 Å². The maximum atomic E-state index is 14.0. The number of anilines is 1. The van der Waals surface area contributed by atoms with Gasteiger partial charge in [0.15, 0.2) is 5.78 Å². The van der Waals surface area contributed by atoms with Crippen molar-refractivity contribution in [3.63, 3.8) is 0 Å². The van der Waals surface area contributed by atoms with Crippen LogP contribution in [0.15, 0.2) is 48.0 Å². The maximum absolute atomic E-state index is 14.0. The van der Waals surface area contributed by atoms with Crippen molar-refractivity contribution in [2.24, 2.45) is 17.4 Å². The summed E-state index contributed by atoms with van der Waals surface area (Å²) in [5.74, 6) is -0.751. The number of nitrogen functional groups attached to an aromatic ring is 1. The summed E-state index contributed by atoms with van der Waals surface area (Å²) in [5, 5.41) is 13.2. The van der Waals surface area contributed by atoms with Gasteiger partial charge in [0.25, 0.3) is 11.8 Å². The van der Waals surface area contributed by atoms with Gasteiger partial charge in [-0.15, -0.1) is 11.3 Å². The van der Waals surface area contributed by atoms with E-state index in [0.29, 0.717) is 69.2 Å². The van der Waals surface area contributed by atoms with Gasteiger partial charge in [0, 0.05) is 35.8 Å². The molecule has 0 bridgehead atoms. The summed E-state index contributed by atoms with van der Waals surface area (Å²) in [5.41, 5.74) is 21.6. The lowest BCUT2D eigenvalue weighted by atomic mass is 9.69. The van der Waals surface area contributed by atoms with Gasteiger partial charge in [-0.2, -0.15) is 5.26 Å². The number of rotatable bonds is 5. The first-order valence-electron chi connectivity index (χ1n) is 13.9. The fourth-order valence-electron chi connectivity index (χ4n) is 6.20. The second kappa shape index (κ2) is 10.1. The number of aryl methyl sites for hydroxylation is 1. The topological polar surface area (TPSA) is 168 Å². The van der Waals surface area contributed by atoms with Gasteiger partial charge in [-0.3, -0.25) is 14.4 Å². The molecule has 9 nitrogen and oxygen atoms in total. The number of Topliss-reactive ketones (excluding diaryl/α,β-unsaturated/α-hetero) is 1. The molecular formula is C31H32N6O3S. The number of nitriles is 1. The Morgan fingerprint density at radius 3 is 2.63 bits per heavy atom. The number of nitrogens with zero attached hydrogens (tertiary/aromatic N) is 2. The van der Waals surface area contributed by atoms with Crippen LogP contribution < -0.4 is 22.5 Å². The van der Waals surface area contributed by atoms with E-state index in [1.807, 2.05) is 37.3 Å². The standard InChI is InChI=1S/C31H32N6O3S/c1-16-5-2-3-7-20(16)31(35)21-10-11-22(33)26-23(21)24(25(34)28(31)38)27(41-26)29(39)36-19-6-4-12-37(15-19)30(40)18(14-32)13-17-8-9-17/h2-3,5,7,10-11,13,17,19,25H,4,6,8-9,12,15,33-35H2,1H3,(H,36,39)/b18-13+. The van der Waals surface area contributed by atoms with E-state index in [-0.39, 0.29) is 23.4 Å². The predicted molar refractivity (Wildman–Crippen MR) is 158 cm³/mol. The number of amides is 2. The third-order valence-corrected chi connectivity index (χ3v) is 9.76. The molecule has 2 aliphatic carbocycles. The molecule has 10 heteroatoms. The second-order valence-corrected chi connectivity index (χ2v) is 12.3. The molecule has 2 aromatic carbocycles. The Morgan fingerprint density at radius 1 is 1.17 bits per heavy atom. The number of thiophene rings is 1. The molecule has 2 heterocycles. The van der Waals surface area contributed by atoms with Crippen LogP contribution in [0, 0.1) is 24.2 Å². The summed E-state index contributed by atoms with van der Waals surface area (Å²) < 4.78 is 0.665. The van der Waals surface area contributed by atoms with Crippen molar-refractivity contribution in [3.8, 4) is 6.07 Å². The molecule has 210 valence electrons. The highest BCUT2D eigenvalue weighted by atomic mass is 32.1. The van der Waals surface area contributed by atoms with Crippen LogP contribution in [0.5, 0.6) is 0 Å². The summed E-state index contributed by atoms with van der Waals surface area (Å²) in [6.45, 7) is 2.73. The van der Waals surface area contributed by atoms with Crippen LogP contribution in [0.4, 0.5) is 5.69 Å². The monoisotopic (exact) mass is 568 g/mol. The SMILES string of the molecule is Cc1ccccc1C1(N)C(=O)C(N)c2c(C(=O)NC3CCCN(C(=O)/C(C#N)=C/C4CC4)C3)sc3c(N)ccc1c23. The number of allylic oxidation sites excluding steroid dienone is 1. The highest BCUT2D eigenvalue weighted by Crippen LogP contribution is 2.49. The van der Waals surface area contributed by atoms with E-state index in [2.05, 4.69) is 5.32 Å². The van der Waals surface area contributed by atoms with E-state index in [1.165, 1.54) is 11.3 Å². The quantitative estimate of drug-likeness (QED) is 0.208. The lowest BCUT2D eigenvalue weighted by Gasteiger charge is -2.37. The number of nitrogens with one attached hydrogen (secondary N) is 1. The number of benzene rings is 2. The number of hydrogen-bond donors (Lipinski definition) is 4. The van der Waals surface area contributed by atoms with E-state index >= 15 is 0 Å². The zero-order valence-corrected chi connectivity index (χ0v) is 23.6. The Morgan fingerprint density at radius 2 is 1.93 bits per heavy atom. The largest absolute Gasteiger partial charge is 0.398 e. The molecule has 7 N–H and O–H groups in total. The molecule has 2 fully saturated rings. The molecule has 3 aromatic rings. The first kappa shape index (κ1) is 27.1. The van der Waals surface area contributed by atoms with Crippen molar-refractivity contribution in [3.05, 3.63) is 75.2 Å². The van der Waals surface area contributed by atoms with Crippen molar-refractivity contribution in [1.29, 1.82) is 5.26 Å². The number of carbonyl (C=O) groups is 3. The highest BCUT2D eigenvalue weighted by molar-refractivity contribution is 7.21. The average Bonchev–Trinajstić information content (AvgIpc) is 3.70. The van der Waals surface area contributed by atoms with Crippen LogP contribution in [0.2, 0.25) is 0 Å². The Kier molecular flexibility index (Phi) is 6.69. The first-order chi connectivity index (χ1) is 19.6. The van der Waals surface area contributed by atoms with Crippen molar-refractivity contribution in [2.45, 2.75) is 50.2 Å². The van der Waals surface area contributed by atoms with Gasteiger partial charge in [-0.1, -0.05) is 36.4 Å². The zero-order valence-electron chi connectivity index (χ0n) is 22.8. The number of piperidine rings is 1. The van der Waals surface area contributed by atoms with Crippen LogP contribution in [-0.4, -0.2) is 41.6 Å². The molecule has 3 atom stereocenters. The van der Waals surface area contributed by atoms with E-state index in [9.17, 15) is 19.6 Å². The van der Waals surface area contributed by atoms with Crippen LogP contribution in [0.1, 0.15) is 63.7 Å². The summed E-state index contributed by atoms with van der Waals surface area (Å²) in [6.07, 6.45) is 5.14. The van der Waals surface area contributed by atoms with Gasteiger partial charge in [0.1, 0.15) is 17.2 Å². The van der Waals surface area contributed by atoms with Crippen LogP contribution in [-0.2, 0) is 15.1 Å². The predicted octanol–water partition coefficient (Wildman–Crippen LogP) is 3.16. The molecule has 1 saturated heterocycles. The van der Waals surface area contributed by atoms with Crippen LogP contribution in [0.25, 0.3) is 10.1 Å². The molecule has 1 saturated carbocycles. The molecule has 6 rings (SSSR count). The van der Waals surface area contributed by atoms with Crippen molar-refractivity contribution >= 4 is 44.7 Å². The summed E-state index contributed by atoms with van der Waals surface area (Å²) in [4.78, 5) is 42.7. The van der Waals surface area contributed by atoms with E-state index in [4.69, 9.17) is 17.2 Å². The molecule has 41 heavy (non-hydrogen) atoms. The normalized spacial score (nSPS) is 24.3. The van der Waals surface area contributed by atoms with E-state index < -0.39 is 17.4 Å². The Labute approximate surface area is 242 Å². The van der Waals surface area contributed by atoms with Gasteiger partial charge in [-0.05, 0) is 61.3 Å². The maximum Gasteiger partial charge on any atom is 0.264 e. The molecule has 0 radical (unpaired) electrons. The minimum Gasteiger partial charge on any atom is -0.398 e. The number of ketones is 1. The number of carbonyl (C=O) groups excluding carboxylic acids is 3. The molecule has 3 aliphatic rings. The van der Waals surface area contributed by atoms with Crippen molar-refractivity contribution in [2.75, 3.05) is 18.8 Å². The van der Waals surface area contributed by atoms with Gasteiger partial charge in [0.2, 0.25) is 0 Å². The van der Waals surface area contributed by atoms with Crippen molar-refractivity contribution < 1.29 is 14.4 Å². The Balaban J connectivity index is 1.34. The number of nitrogens with two attached hydrogens (primary N) is 3. The van der Waals surface area contributed by atoms with Crippen LogP contribution in [0.3, 0.4) is 0 Å². The molecule has 1 aliphatic heterocycles. The minimum atomic E-state index is -1.49. The minimum absolute atomic E-state index is 0.167. The lowest BCUT2D eigenvalue weighted by Crippen LogP contribution is -2.53. The third kappa shape index (κ3) is 4.41. The average molecular weight is 569 g/mol. The third-order valence-electron chi connectivity index (χ3n) is 8.51. The lowest BCUT2D eigenvalue weighted by molar-refractivity contribution is -0.128. The molecule has 2 amide bonds. The smallest absolute Gasteiger partial charge is 0.264 e.